The predicted octanol–water partition coefficient (Wildman–Crippen LogP) is 0.842. The fourth-order valence-electron chi connectivity index (χ4n) is 2.01. The zero-order chi connectivity index (χ0) is 12.3. The molecule has 1 saturated heterocycles. The molecule has 1 heterocycles. The van der Waals surface area contributed by atoms with Crippen LogP contribution in [0.5, 0.6) is 0 Å². The summed E-state index contributed by atoms with van der Waals surface area (Å²) in [4.78, 5) is 12.9. The maximum atomic E-state index is 11.6. The summed E-state index contributed by atoms with van der Waals surface area (Å²) in [5.74, 6) is 0.672. The zero-order valence-corrected chi connectivity index (χ0v) is 10.1. The Morgan fingerprint density at radius 1 is 1.53 bits per heavy atom. The van der Waals surface area contributed by atoms with Gasteiger partial charge in [-0.3, -0.25) is 9.69 Å². The zero-order valence-electron chi connectivity index (χ0n) is 10.1. The molecule has 17 heavy (non-hydrogen) atoms. The Bertz CT molecular complexity index is 312. The number of amides is 1. The van der Waals surface area contributed by atoms with Crippen LogP contribution in [-0.4, -0.2) is 42.7 Å². The van der Waals surface area contributed by atoms with Gasteiger partial charge < -0.3 is 14.6 Å². The van der Waals surface area contributed by atoms with Crippen molar-refractivity contribution in [2.24, 2.45) is 5.92 Å². The maximum Gasteiger partial charge on any atom is 0.264 e. The molecule has 1 aliphatic carbocycles. The molecule has 5 nitrogen and oxygen atoms in total. The minimum Gasteiger partial charge on any atom is -0.376 e. The number of allylic oxidation sites excluding steroid dienone is 1. The fraction of sp³-hybridized carbons (Fsp3) is 0.750. The van der Waals surface area contributed by atoms with E-state index in [0.717, 1.165) is 24.5 Å². The van der Waals surface area contributed by atoms with Gasteiger partial charge in [0.1, 0.15) is 13.5 Å². The van der Waals surface area contributed by atoms with E-state index in [-0.39, 0.29) is 19.4 Å². The van der Waals surface area contributed by atoms with Crippen LogP contribution in [0, 0.1) is 5.92 Å². The van der Waals surface area contributed by atoms with Crippen LogP contribution in [0.1, 0.15) is 25.7 Å². The summed E-state index contributed by atoms with van der Waals surface area (Å²) in [5, 5.41) is 9.07. The molecule has 1 N–H and O–H groups in total. The second-order valence-corrected chi connectivity index (χ2v) is 4.51. The smallest absolute Gasteiger partial charge is 0.264 e. The average molecular weight is 241 g/mol. The van der Waals surface area contributed by atoms with Crippen molar-refractivity contribution in [2.45, 2.75) is 31.8 Å². The third-order valence-electron chi connectivity index (χ3n) is 3.19. The molecule has 5 heteroatoms. The number of rotatable bonds is 7. The molecule has 0 radical (unpaired) electrons. The SMILES string of the molecule is COCOC1C(=O)N(CO)/C1=C/CCC1CC1. The number of aliphatic hydroxyl groups is 1. The summed E-state index contributed by atoms with van der Waals surface area (Å²) >= 11 is 0. The Balaban J connectivity index is 1.86. The van der Waals surface area contributed by atoms with Gasteiger partial charge in [-0.1, -0.05) is 18.9 Å². The Hall–Kier alpha value is -0.910. The summed E-state index contributed by atoms with van der Waals surface area (Å²) in [6.45, 7) is -0.184. The van der Waals surface area contributed by atoms with Crippen LogP contribution in [0.4, 0.5) is 0 Å². The van der Waals surface area contributed by atoms with Gasteiger partial charge in [-0.05, 0) is 18.8 Å². The van der Waals surface area contributed by atoms with Gasteiger partial charge in [0.15, 0.2) is 6.10 Å². The van der Waals surface area contributed by atoms with E-state index < -0.39 is 6.10 Å². The molecule has 1 saturated carbocycles. The number of β-lactam (4-membered cyclic amide) rings is 1. The number of nitrogens with zero attached hydrogens (tertiary/aromatic N) is 1. The first-order valence-corrected chi connectivity index (χ1v) is 6.00. The van der Waals surface area contributed by atoms with Crippen molar-refractivity contribution in [3.63, 3.8) is 0 Å². The van der Waals surface area contributed by atoms with E-state index in [0.29, 0.717) is 0 Å². The lowest BCUT2D eigenvalue weighted by Gasteiger charge is -2.39. The number of ether oxygens (including phenoxy) is 2. The standard InChI is InChI=1S/C12H19NO4/c1-16-8-17-11-10(13(7-14)12(11)15)4-2-3-9-5-6-9/h4,9,11,14H,2-3,5-8H2,1H3/b10-4+. The number of carbonyl (C=O) groups excluding carboxylic acids is 1. The highest BCUT2D eigenvalue weighted by molar-refractivity contribution is 5.93. The minimum absolute atomic E-state index is 0.0929. The first-order chi connectivity index (χ1) is 8.27. The molecule has 0 aromatic heterocycles. The van der Waals surface area contributed by atoms with Gasteiger partial charge in [0.2, 0.25) is 0 Å². The Labute approximate surface area is 101 Å². The van der Waals surface area contributed by atoms with Crippen molar-refractivity contribution in [3.05, 3.63) is 11.8 Å². The van der Waals surface area contributed by atoms with Crippen molar-refractivity contribution in [3.8, 4) is 0 Å². The average Bonchev–Trinajstić information content (AvgIpc) is 3.13. The van der Waals surface area contributed by atoms with Crippen LogP contribution < -0.4 is 0 Å². The van der Waals surface area contributed by atoms with Crippen molar-refractivity contribution < 1.29 is 19.4 Å². The van der Waals surface area contributed by atoms with Gasteiger partial charge in [0, 0.05) is 7.11 Å². The van der Waals surface area contributed by atoms with Gasteiger partial charge in [0.25, 0.3) is 5.91 Å². The molecule has 2 fully saturated rings. The van der Waals surface area contributed by atoms with E-state index >= 15 is 0 Å². The molecule has 1 atom stereocenters. The van der Waals surface area contributed by atoms with Crippen molar-refractivity contribution in [1.82, 2.24) is 4.90 Å². The number of methoxy groups -OCH3 is 1. The van der Waals surface area contributed by atoms with Crippen LogP contribution >= 0.6 is 0 Å². The molecule has 2 rings (SSSR count). The van der Waals surface area contributed by atoms with Gasteiger partial charge in [0.05, 0.1) is 5.70 Å². The second kappa shape index (κ2) is 5.62. The molecule has 0 aromatic carbocycles. The van der Waals surface area contributed by atoms with E-state index in [2.05, 4.69) is 0 Å². The van der Waals surface area contributed by atoms with E-state index in [9.17, 15) is 4.79 Å². The minimum atomic E-state index is -0.554. The van der Waals surface area contributed by atoms with Gasteiger partial charge in [-0.2, -0.15) is 0 Å². The van der Waals surface area contributed by atoms with Crippen molar-refractivity contribution in [2.75, 3.05) is 20.6 Å². The number of aliphatic hydroxyl groups excluding tert-OH is 1. The predicted molar refractivity (Wildman–Crippen MR) is 60.7 cm³/mol. The van der Waals surface area contributed by atoms with Crippen molar-refractivity contribution in [1.29, 1.82) is 0 Å². The normalized spacial score (nSPS) is 26.5. The largest absolute Gasteiger partial charge is 0.376 e. The molecule has 2 aliphatic rings. The van der Waals surface area contributed by atoms with E-state index in [1.165, 1.54) is 24.9 Å². The van der Waals surface area contributed by atoms with Gasteiger partial charge >= 0.3 is 0 Å². The maximum absolute atomic E-state index is 11.6. The lowest BCUT2D eigenvalue weighted by atomic mass is 10.0. The Kier molecular flexibility index (Phi) is 4.15. The quantitative estimate of drug-likeness (QED) is 0.530. The second-order valence-electron chi connectivity index (χ2n) is 4.51. The highest BCUT2D eigenvalue weighted by Gasteiger charge is 2.42. The summed E-state index contributed by atoms with van der Waals surface area (Å²) < 4.78 is 10.0. The van der Waals surface area contributed by atoms with Crippen LogP contribution in [0.25, 0.3) is 0 Å². The first kappa shape index (κ1) is 12.5. The van der Waals surface area contributed by atoms with Gasteiger partial charge in [-0.25, -0.2) is 0 Å². The number of hydrogen-bond acceptors (Lipinski definition) is 4. The highest BCUT2D eigenvalue weighted by Crippen LogP contribution is 2.34. The number of likely N-dealkylation sites (tertiary alicyclic amines) is 1. The number of hydrogen-bond donors (Lipinski definition) is 1. The van der Waals surface area contributed by atoms with E-state index in [1.807, 2.05) is 6.08 Å². The van der Waals surface area contributed by atoms with Gasteiger partial charge in [-0.15, -0.1) is 0 Å². The van der Waals surface area contributed by atoms with E-state index in [1.54, 1.807) is 0 Å². The molecule has 0 aromatic rings. The lowest BCUT2D eigenvalue weighted by molar-refractivity contribution is -0.167. The lowest BCUT2D eigenvalue weighted by Crippen LogP contribution is -2.55. The third kappa shape index (κ3) is 2.86. The van der Waals surface area contributed by atoms with Crippen LogP contribution in [-0.2, 0) is 14.3 Å². The Morgan fingerprint density at radius 2 is 2.29 bits per heavy atom. The molecular formula is C12H19NO4. The Morgan fingerprint density at radius 3 is 2.88 bits per heavy atom. The first-order valence-electron chi connectivity index (χ1n) is 6.00. The number of carbonyl (C=O) groups is 1. The van der Waals surface area contributed by atoms with Crippen LogP contribution in [0.2, 0.25) is 0 Å². The van der Waals surface area contributed by atoms with Crippen molar-refractivity contribution >= 4 is 5.91 Å². The van der Waals surface area contributed by atoms with E-state index in [4.69, 9.17) is 14.6 Å². The highest BCUT2D eigenvalue weighted by atomic mass is 16.7. The summed E-state index contributed by atoms with van der Waals surface area (Å²) in [6, 6.07) is 0. The summed E-state index contributed by atoms with van der Waals surface area (Å²) in [6.07, 6.45) is 6.20. The molecule has 1 aliphatic heterocycles. The summed E-state index contributed by atoms with van der Waals surface area (Å²) in [7, 11) is 1.52. The molecular weight excluding hydrogens is 222 g/mol. The molecule has 0 bridgehead atoms. The monoisotopic (exact) mass is 241 g/mol. The molecule has 96 valence electrons. The summed E-state index contributed by atoms with van der Waals surface area (Å²) in [5.41, 5.74) is 0.773. The fourth-order valence-corrected chi connectivity index (χ4v) is 2.01. The molecule has 0 spiro atoms. The topological polar surface area (TPSA) is 59.0 Å². The van der Waals surface area contributed by atoms with Crippen LogP contribution in [0.3, 0.4) is 0 Å². The molecule has 1 unspecified atom stereocenters. The molecule has 1 amide bonds. The third-order valence-corrected chi connectivity index (χ3v) is 3.19. The van der Waals surface area contributed by atoms with Crippen LogP contribution in [0.15, 0.2) is 11.8 Å².